The minimum Gasteiger partial charge on any atom is -0.478 e. The summed E-state index contributed by atoms with van der Waals surface area (Å²) >= 11 is 0. The zero-order chi connectivity index (χ0) is 23.8. The van der Waals surface area contributed by atoms with E-state index < -0.39 is 12.1 Å². The molecule has 0 aliphatic carbocycles. The molecule has 0 amide bonds. The van der Waals surface area contributed by atoms with Crippen LogP contribution in [0.4, 0.5) is 0 Å². The third-order valence-electron chi connectivity index (χ3n) is 5.47. The van der Waals surface area contributed by atoms with Crippen molar-refractivity contribution >= 4 is 5.97 Å². The van der Waals surface area contributed by atoms with E-state index in [9.17, 15) is 15.0 Å². The van der Waals surface area contributed by atoms with Crippen molar-refractivity contribution < 1.29 is 19.7 Å². The van der Waals surface area contributed by atoms with Crippen LogP contribution in [0.2, 0.25) is 0 Å². The predicted octanol–water partition coefficient (Wildman–Crippen LogP) is 5.10. The first-order valence-corrected chi connectivity index (χ1v) is 11.1. The smallest absolute Gasteiger partial charge is 0.339 e. The molecule has 34 heavy (non-hydrogen) atoms. The van der Waals surface area contributed by atoms with Crippen LogP contribution < -0.4 is 10.1 Å². The van der Waals surface area contributed by atoms with Crippen molar-refractivity contribution in [1.29, 1.82) is 0 Å². The number of aromatic nitrogens is 1. The molecule has 4 rings (SSSR count). The molecule has 0 aliphatic rings. The van der Waals surface area contributed by atoms with Crippen LogP contribution in [0.15, 0.2) is 97.3 Å². The Labute approximate surface area is 198 Å². The number of nitrogens with one attached hydrogen (secondary N) is 1. The van der Waals surface area contributed by atoms with Crippen LogP contribution in [-0.4, -0.2) is 34.3 Å². The van der Waals surface area contributed by atoms with Crippen LogP contribution in [0.1, 0.15) is 27.6 Å². The van der Waals surface area contributed by atoms with Gasteiger partial charge in [-0.25, -0.2) is 4.79 Å². The van der Waals surface area contributed by atoms with Gasteiger partial charge in [0, 0.05) is 24.5 Å². The Morgan fingerprint density at radius 2 is 1.71 bits per heavy atom. The van der Waals surface area contributed by atoms with E-state index in [1.165, 1.54) is 0 Å². The van der Waals surface area contributed by atoms with Crippen molar-refractivity contribution in [2.24, 2.45) is 0 Å². The molecule has 6 nitrogen and oxygen atoms in total. The highest BCUT2D eigenvalue weighted by atomic mass is 16.5. The SMILES string of the molecule is O=C(O)c1ccc(-c2ccc(CCNC[C@H](O)c3cccnc3)cc2)cc1Oc1ccccc1. The Morgan fingerprint density at radius 1 is 0.941 bits per heavy atom. The van der Waals surface area contributed by atoms with Crippen LogP contribution in [0.5, 0.6) is 11.5 Å². The standard InChI is InChI=1S/C28H26N2O4/c31-26(23-5-4-15-29-18-23)19-30-16-14-20-8-10-21(11-9-20)22-12-13-25(28(32)33)27(17-22)34-24-6-2-1-3-7-24/h1-13,15,17-18,26,30-31H,14,16,19H2,(H,32,33)/t26-/m0/s1. The third-order valence-corrected chi connectivity index (χ3v) is 5.47. The number of aliphatic hydroxyl groups excluding tert-OH is 1. The average Bonchev–Trinajstić information content (AvgIpc) is 2.88. The first kappa shape index (κ1) is 23.2. The summed E-state index contributed by atoms with van der Waals surface area (Å²) in [7, 11) is 0. The molecule has 0 radical (unpaired) electrons. The Balaban J connectivity index is 1.38. The fraction of sp³-hybridized carbons (Fsp3) is 0.143. The molecule has 1 aromatic heterocycles. The minimum atomic E-state index is -1.03. The minimum absolute atomic E-state index is 0.115. The normalized spacial score (nSPS) is 11.7. The monoisotopic (exact) mass is 454 g/mol. The molecule has 0 saturated carbocycles. The molecule has 6 heteroatoms. The number of nitrogens with zero attached hydrogens (tertiary/aromatic N) is 1. The zero-order valence-electron chi connectivity index (χ0n) is 18.6. The number of aromatic carboxylic acids is 1. The highest BCUT2D eigenvalue weighted by Gasteiger charge is 2.14. The van der Waals surface area contributed by atoms with Crippen molar-refractivity contribution in [3.63, 3.8) is 0 Å². The van der Waals surface area contributed by atoms with Crippen molar-refractivity contribution in [2.75, 3.05) is 13.1 Å². The first-order chi connectivity index (χ1) is 16.6. The average molecular weight is 455 g/mol. The lowest BCUT2D eigenvalue weighted by atomic mass is 10.0. The molecule has 172 valence electrons. The summed E-state index contributed by atoms with van der Waals surface area (Å²) in [6.07, 6.45) is 3.59. The Morgan fingerprint density at radius 3 is 2.41 bits per heavy atom. The maximum Gasteiger partial charge on any atom is 0.339 e. The maximum atomic E-state index is 11.6. The fourth-order valence-corrected chi connectivity index (χ4v) is 3.60. The summed E-state index contributed by atoms with van der Waals surface area (Å²) in [5.74, 6) is -0.149. The number of ether oxygens (including phenoxy) is 1. The molecule has 3 aromatic carbocycles. The summed E-state index contributed by atoms with van der Waals surface area (Å²) in [4.78, 5) is 15.7. The van der Waals surface area contributed by atoms with E-state index in [0.29, 0.717) is 18.0 Å². The van der Waals surface area contributed by atoms with Crippen molar-refractivity contribution in [1.82, 2.24) is 10.3 Å². The van der Waals surface area contributed by atoms with Crippen molar-refractivity contribution in [3.05, 3.63) is 114 Å². The van der Waals surface area contributed by atoms with E-state index in [2.05, 4.69) is 22.4 Å². The Bertz CT molecular complexity index is 1210. The van der Waals surface area contributed by atoms with E-state index >= 15 is 0 Å². The molecule has 0 spiro atoms. The van der Waals surface area contributed by atoms with Gasteiger partial charge in [-0.05, 0) is 60.0 Å². The highest BCUT2D eigenvalue weighted by molar-refractivity contribution is 5.92. The molecule has 4 aromatic rings. The summed E-state index contributed by atoms with van der Waals surface area (Å²) in [5, 5.41) is 23.0. The molecule has 1 atom stereocenters. The van der Waals surface area contributed by atoms with Gasteiger partial charge in [0.15, 0.2) is 0 Å². The summed E-state index contributed by atoms with van der Waals surface area (Å²) < 4.78 is 5.86. The van der Waals surface area contributed by atoms with Crippen LogP contribution in [-0.2, 0) is 6.42 Å². The van der Waals surface area contributed by atoms with Gasteiger partial charge in [-0.2, -0.15) is 0 Å². The summed E-state index contributed by atoms with van der Waals surface area (Å²) in [6, 6.07) is 26.1. The first-order valence-electron chi connectivity index (χ1n) is 11.1. The number of rotatable bonds is 10. The number of carbonyl (C=O) groups is 1. The molecular formula is C28H26N2O4. The number of pyridine rings is 1. The van der Waals surface area contributed by atoms with Crippen LogP contribution >= 0.6 is 0 Å². The molecule has 1 heterocycles. The van der Waals surface area contributed by atoms with Gasteiger partial charge >= 0.3 is 5.97 Å². The molecule has 0 bridgehead atoms. The largest absolute Gasteiger partial charge is 0.478 e. The van der Waals surface area contributed by atoms with E-state index in [1.54, 1.807) is 42.7 Å². The fourth-order valence-electron chi connectivity index (χ4n) is 3.60. The molecule has 0 aliphatic heterocycles. The Kier molecular flexibility index (Phi) is 7.65. The van der Waals surface area contributed by atoms with Gasteiger partial charge in [0.25, 0.3) is 0 Å². The van der Waals surface area contributed by atoms with E-state index in [-0.39, 0.29) is 5.56 Å². The van der Waals surface area contributed by atoms with Gasteiger partial charge in [0.05, 0.1) is 6.10 Å². The predicted molar refractivity (Wildman–Crippen MR) is 131 cm³/mol. The quantitative estimate of drug-likeness (QED) is 0.289. The number of benzene rings is 3. The number of carboxylic acids is 1. The van der Waals surface area contributed by atoms with Crippen LogP contribution in [0.3, 0.4) is 0 Å². The lowest BCUT2D eigenvalue weighted by Gasteiger charge is -2.12. The van der Waals surface area contributed by atoms with E-state index in [4.69, 9.17) is 4.74 Å². The number of aliphatic hydroxyl groups is 1. The van der Waals surface area contributed by atoms with Gasteiger partial charge in [0.2, 0.25) is 0 Å². The number of para-hydroxylation sites is 1. The summed E-state index contributed by atoms with van der Waals surface area (Å²) in [6.45, 7) is 1.20. The molecule has 0 fully saturated rings. The molecule has 3 N–H and O–H groups in total. The van der Waals surface area contributed by atoms with Gasteiger partial charge in [-0.15, -0.1) is 0 Å². The van der Waals surface area contributed by atoms with Crippen LogP contribution in [0, 0.1) is 0 Å². The second-order valence-electron chi connectivity index (χ2n) is 7.88. The molecular weight excluding hydrogens is 428 g/mol. The van der Waals surface area contributed by atoms with Gasteiger partial charge < -0.3 is 20.3 Å². The second-order valence-corrected chi connectivity index (χ2v) is 7.88. The lowest BCUT2D eigenvalue weighted by Crippen LogP contribution is -2.23. The van der Waals surface area contributed by atoms with Crippen LogP contribution in [0.25, 0.3) is 11.1 Å². The van der Waals surface area contributed by atoms with Gasteiger partial charge in [-0.1, -0.05) is 54.6 Å². The topological polar surface area (TPSA) is 91.7 Å². The van der Waals surface area contributed by atoms with Gasteiger partial charge in [-0.3, -0.25) is 4.98 Å². The summed E-state index contributed by atoms with van der Waals surface area (Å²) in [5.41, 5.74) is 3.92. The number of hydrogen-bond donors (Lipinski definition) is 3. The maximum absolute atomic E-state index is 11.6. The van der Waals surface area contributed by atoms with Crippen molar-refractivity contribution in [3.8, 4) is 22.6 Å². The lowest BCUT2D eigenvalue weighted by molar-refractivity contribution is 0.0694. The molecule has 0 saturated heterocycles. The van der Waals surface area contributed by atoms with E-state index in [1.807, 2.05) is 42.5 Å². The number of carboxylic acid groups (broad SMARTS) is 1. The third kappa shape index (κ3) is 6.07. The van der Waals surface area contributed by atoms with Crippen molar-refractivity contribution in [2.45, 2.75) is 12.5 Å². The zero-order valence-corrected chi connectivity index (χ0v) is 18.6. The second kappa shape index (κ2) is 11.2. The van der Waals surface area contributed by atoms with Gasteiger partial charge in [0.1, 0.15) is 17.1 Å². The molecule has 0 unspecified atom stereocenters. The highest BCUT2D eigenvalue weighted by Crippen LogP contribution is 2.31. The number of hydrogen-bond acceptors (Lipinski definition) is 5. The van der Waals surface area contributed by atoms with E-state index in [0.717, 1.165) is 35.2 Å². The Hall–Kier alpha value is -4.00.